The lowest BCUT2D eigenvalue weighted by atomic mass is 10.1. The van der Waals surface area contributed by atoms with Gasteiger partial charge in [0, 0.05) is 43.3 Å². The number of aromatic hydroxyl groups is 1. The smallest absolute Gasteiger partial charge is 0.244 e. The lowest BCUT2D eigenvalue weighted by Gasteiger charge is -2.33. The number of pyridine rings is 1. The van der Waals surface area contributed by atoms with Gasteiger partial charge in [-0.1, -0.05) is 6.92 Å². The number of rotatable bonds is 4. The van der Waals surface area contributed by atoms with E-state index >= 15 is 0 Å². The summed E-state index contributed by atoms with van der Waals surface area (Å²) in [6.45, 7) is 5.31. The molecule has 3 heterocycles. The zero-order chi connectivity index (χ0) is 20.6. The van der Waals surface area contributed by atoms with Crippen molar-refractivity contribution in [2.24, 2.45) is 0 Å². The van der Waals surface area contributed by atoms with E-state index in [-0.39, 0.29) is 10.8 Å². The lowest BCUT2D eigenvalue weighted by Crippen LogP contribution is -2.48. The van der Waals surface area contributed by atoms with Crippen LogP contribution >= 0.6 is 0 Å². The SMILES string of the molecule is CCN1CCN(S(=O)(=O)c2ccc(-c3c(O)[nH]c4ccc(C#N)cc34)nc2)CC1. The Morgan fingerprint density at radius 1 is 1.21 bits per heavy atom. The van der Waals surface area contributed by atoms with E-state index < -0.39 is 10.0 Å². The van der Waals surface area contributed by atoms with Crippen molar-refractivity contribution >= 4 is 20.9 Å². The third-order valence-corrected chi connectivity index (χ3v) is 7.20. The van der Waals surface area contributed by atoms with E-state index in [4.69, 9.17) is 5.26 Å². The summed E-state index contributed by atoms with van der Waals surface area (Å²) in [7, 11) is -3.61. The molecule has 0 bridgehead atoms. The number of benzene rings is 1. The molecule has 1 aliphatic heterocycles. The third-order valence-electron chi connectivity index (χ3n) is 5.32. The number of nitrogens with one attached hydrogen (secondary N) is 1. The predicted octanol–water partition coefficient (Wildman–Crippen LogP) is 2.13. The number of nitrogens with zero attached hydrogens (tertiary/aromatic N) is 4. The first-order chi connectivity index (χ1) is 13.9. The molecule has 0 saturated carbocycles. The van der Waals surface area contributed by atoms with Gasteiger partial charge in [0.05, 0.1) is 22.9 Å². The molecule has 1 fully saturated rings. The average Bonchev–Trinajstić information content (AvgIpc) is 3.08. The third kappa shape index (κ3) is 3.46. The molecule has 0 atom stereocenters. The second kappa shape index (κ2) is 7.48. The minimum Gasteiger partial charge on any atom is -0.494 e. The quantitative estimate of drug-likeness (QED) is 0.680. The molecule has 0 radical (unpaired) electrons. The first-order valence-corrected chi connectivity index (χ1v) is 10.8. The zero-order valence-corrected chi connectivity index (χ0v) is 16.8. The number of sulfonamides is 1. The normalized spacial score (nSPS) is 16.1. The Hall–Kier alpha value is -2.93. The Morgan fingerprint density at radius 3 is 2.59 bits per heavy atom. The number of piperazine rings is 1. The van der Waals surface area contributed by atoms with Crippen LogP contribution < -0.4 is 0 Å². The monoisotopic (exact) mass is 411 g/mol. The first kappa shape index (κ1) is 19.4. The number of nitriles is 1. The summed E-state index contributed by atoms with van der Waals surface area (Å²) >= 11 is 0. The van der Waals surface area contributed by atoms with Gasteiger partial charge in [-0.3, -0.25) is 4.98 Å². The summed E-state index contributed by atoms with van der Waals surface area (Å²) in [5.74, 6) is -0.0751. The molecule has 29 heavy (non-hydrogen) atoms. The van der Waals surface area contributed by atoms with Gasteiger partial charge in [0.25, 0.3) is 0 Å². The summed E-state index contributed by atoms with van der Waals surface area (Å²) in [6.07, 6.45) is 1.32. The highest BCUT2D eigenvalue weighted by atomic mass is 32.2. The fourth-order valence-corrected chi connectivity index (χ4v) is 4.99. The van der Waals surface area contributed by atoms with Gasteiger partial charge in [0.1, 0.15) is 4.90 Å². The number of likely N-dealkylation sites (N-methyl/N-ethyl adjacent to an activating group) is 1. The minimum atomic E-state index is -3.61. The molecule has 9 heteroatoms. The Balaban J connectivity index is 1.66. The van der Waals surface area contributed by atoms with Gasteiger partial charge in [-0.25, -0.2) is 8.42 Å². The number of aromatic nitrogens is 2. The second-order valence-electron chi connectivity index (χ2n) is 6.94. The molecule has 1 aromatic carbocycles. The summed E-state index contributed by atoms with van der Waals surface area (Å²) in [5, 5.41) is 20.1. The van der Waals surface area contributed by atoms with Crippen LogP contribution in [0.3, 0.4) is 0 Å². The van der Waals surface area contributed by atoms with Gasteiger partial charge in [-0.15, -0.1) is 0 Å². The molecule has 0 spiro atoms. The number of H-pyrrole nitrogens is 1. The summed E-state index contributed by atoms with van der Waals surface area (Å²) in [5.41, 5.74) is 2.00. The van der Waals surface area contributed by atoms with E-state index in [1.54, 1.807) is 24.3 Å². The Morgan fingerprint density at radius 2 is 1.97 bits per heavy atom. The topological polar surface area (TPSA) is 113 Å². The van der Waals surface area contributed by atoms with Crippen LogP contribution in [0.1, 0.15) is 12.5 Å². The molecule has 2 aromatic heterocycles. The fraction of sp³-hybridized carbons (Fsp3) is 0.300. The van der Waals surface area contributed by atoms with Crippen molar-refractivity contribution in [3.8, 4) is 23.2 Å². The van der Waals surface area contributed by atoms with Crippen molar-refractivity contribution in [3.63, 3.8) is 0 Å². The molecule has 2 N–H and O–H groups in total. The fourth-order valence-electron chi connectivity index (χ4n) is 3.62. The molecule has 8 nitrogen and oxygen atoms in total. The molecule has 0 unspecified atom stereocenters. The van der Waals surface area contributed by atoms with Crippen LogP contribution in [-0.2, 0) is 10.0 Å². The maximum absolute atomic E-state index is 12.9. The van der Waals surface area contributed by atoms with Crippen LogP contribution in [0.2, 0.25) is 0 Å². The van der Waals surface area contributed by atoms with Gasteiger partial charge in [0.15, 0.2) is 5.88 Å². The van der Waals surface area contributed by atoms with Gasteiger partial charge in [-0.2, -0.15) is 9.57 Å². The lowest BCUT2D eigenvalue weighted by molar-refractivity contribution is 0.196. The van der Waals surface area contributed by atoms with Crippen molar-refractivity contribution in [2.75, 3.05) is 32.7 Å². The van der Waals surface area contributed by atoms with Crippen molar-refractivity contribution < 1.29 is 13.5 Å². The van der Waals surface area contributed by atoms with Crippen LogP contribution in [0.15, 0.2) is 41.4 Å². The summed E-state index contributed by atoms with van der Waals surface area (Å²) < 4.78 is 27.3. The van der Waals surface area contributed by atoms with E-state index in [1.807, 2.05) is 0 Å². The Bertz CT molecular complexity index is 1190. The van der Waals surface area contributed by atoms with Crippen LogP contribution in [0.4, 0.5) is 0 Å². The highest BCUT2D eigenvalue weighted by Crippen LogP contribution is 2.36. The number of aromatic amines is 1. The minimum absolute atomic E-state index is 0.0751. The number of fused-ring (bicyclic) bond motifs is 1. The van der Waals surface area contributed by atoms with Crippen LogP contribution in [0, 0.1) is 11.3 Å². The molecule has 0 amide bonds. The maximum Gasteiger partial charge on any atom is 0.244 e. The van der Waals surface area contributed by atoms with E-state index in [0.717, 1.165) is 6.54 Å². The van der Waals surface area contributed by atoms with Gasteiger partial charge >= 0.3 is 0 Å². The largest absolute Gasteiger partial charge is 0.494 e. The molecule has 1 saturated heterocycles. The van der Waals surface area contributed by atoms with Crippen molar-refractivity contribution in [1.29, 1.82) is 5.26 Å². The van der Waals surface area contributed by atoms with E-state index in [1.165, 1.54) is 16.6 Å². The first-order valence-electron chi connectivity index (χ1n) is 9.37. The van der Waals surface area contributed by atoms with Crippen molar-refractivity contribution in [2.45, 2.75) is 11.8 Å². The van der Waals surface area contributed by atoms with E-state index in [2.05, 4.69) is 27.9 Å². The maximum atomic E-state index is 12.9. The van der Waals surface area contributed by atoms with Gasteiger partial charge in [-0.05, 0) is 36.9 Å². The van der Waals surface area contributed by atoms with Crippen molar-refractivity contribution in [3.05, 3.63) is 42.1 Å². The van der Waals surface area contributed by atoms with Gasteiger partial charge < -0.3 is 15.0 Å². The summed E-state index contributed by atoms with van der Waals surface area (Å²) in [4.78, 5) is 9.50. The zero-order valence-electron chi connectivity index (χ0n) is 16.0. The molecule has 3 aromatic rings. The molecule has 0 aliphatic carbocycles. The van der Waals surface area contributed by atoms with E-state index in [0.29, 0.717) is 53.9 Å². The van der Waals surface area contributed by atoms with Crippen LogP contribution in [0.5, 0.6) is 5.88 Å². The predicted molar refractivity (Wildman–Crippen MR) is 109 cm³/mol. The van der Waals surface area contributed by atoms with Gasteiger partial charge in [0.2, 0.25) is 10.0 Å². The number of hydrogen-bond acceptors (Lipinski definition) is 6. The summed E-state index contributed by atoms with van der Waals surface area (Å²) in [6, 6.07) is 10.2. The van der Waals surface area contributed by atoms with E-state index in [9.17, 15) is 13.5 Å². The molecule has 4 rings (SSSR count). The Labute approximate surface area is 169 Å². The molecule has 1 aliphatic rings. The van der Waals surface area contributed by atoms with Crippen molar-refractivity contribution in [1.82, 2.24) is 19.2 Å². The molecule has 150 valence electrons. The Kier molecular flexibility index (Phi) is 5.00. The van der Waals surface area contributed by atoms with Crippen LogP contribution in [-0.4, -0.2) is 65.4 Å². The standard InChI is InChI=1S/C20H21N5O3S/c1-2-24-7-9-25(10-8-24)29(27,28)15-4-6-18(22-13-15)19-16-11-14(12-21)3-5-17(16)23-20(19)26/h3-6,11,13,23,26H,2,7-10H2,1H3. The number of hydrogen-bond donors (Lipinski definition) is 2. The second-order valence-corrected chi connectivity index (χ2v) is 8.88. The highest BCUT2D eigenvalue weighted by Gasteiger charge is 2.28. The van der Waals surface area contributed by atoms with Crippen LogP contribution in [0.25, 0.3) is 22.2 Å². The molecular formula is C20H21N5O3S. The highest BCUT2D eigenvalue weighted by molar-refractivity contribution is 7.89. The molecular weight excluding hydrogens is 390 g/mol. The average molecular weight is 411 g/mol.